The summed E-state index contributed by atoms with van der Waals surface area (Å²) < 4.78 is 5.34. The molecule has 5 nitrogen and oxygen atoms in total. The lowest BCUT2D eigenvalue weighted by Crippen LogP contribution is -2.45. The summed E-state index contributed by atoms with van der Waals surface area (Å²) in [5, 5.41) is 0. The van der Waals surface area contributed by atoms with E-state index in [2.05, 4.69) is 4.90 Å². The van der Waals surface area contributed by atoms with Crippen molar-refractivity contribution in [2.45, 2.75) is 12.8 Å². The lowest BCUT2D eigenvalue weighted by molar-refractivity contribution is -0.131. The van der Waals surface area contributed by atoms with Gasteiger partial charge < -0.3 is 15.4 Å². The molecule has 2 rings (SSSR count). The zero-order valence-electron chi connectivity index (χ0n) is 11.3. The van der Waals surface area contributed by atoms with Crippen molar-refractivity contribution in [1.29, 1.82) is 0 Å². The standard InChI is InChI=1S/C12H23N3O2.2ClH/c13-9-12(16)15-3-1-11(2-4-15)10-14-5-7-17-8-6-14;;/h11H,1-10,13H2;2*1H. The molecule has 0 aliphatic carbocycles. The van der Waals surface area contributed by atoms with E-state index in [0.29, 0.717) is 0 Å². The van der Waals surface area contributed by atoms with E-state index in [1.807, 2.05) is 4.90 Å². The van der Waals surface area contributed by atoms with Crippen molar-refractivity contribution in [1.82, 2.24) is 9.80 Å². The number of carbonyl (C=O) groups is 1. The Morgan fingerprint density at radius 2 is 1.68 bits per heavy atom. The van der Waals surface area contributed by atoms with Crippen molar-refractivity contribution in [3.05, 3.63) is 0 Å². The van der Waals surface area contributed by atoms with Crippen LogP contribution in [0, 0.1) is 5.92 Å². The maximum Gasteiger partial charge on any atom is 0.236 e. The van der Waals surface area contributed by atoms with Gasteiger partial charge in [0.15, 0.2) is 0 Å². The topological polar surface area (TPSA) is 58.8 Å². The summed E-state index contributed by atoms with van der Waals surface area (Å²) in [4.78, 5) is 15.8. The first-order chi connectivity index (χ1) is 8.29. The molecule has 114 valence electrons. The van der Waals surface area contributed by atoms with E-state index in [-0.39, 0.29) is 37.3 Å². The van der Waals surface area contributed by atoms with Gasteiger partial charge in [0.05, 0.1) is 19.8 Å². The molecule has 0 unspecified atom stereocenters. The van der Waals surface area contributed by atoms with Crippen LogP contribution in [0.15, 0.2) is 0 Å². The molecular weight excluding hydrogens is 289 g/mol. The number of likely N-dealkylation sites (tertiary alicyclic amines) is 1. The minimum Gasteiger partial charge on any atom is -0.379 e. The highest BCUT2D eigenvalue weighted by atomic mass is 35.5. The molecular formula is C12H25Cl2N3O2. The van der Waals surface area contributed by atoms with Crippen LogP contribution in [0.5, 0.6) is 0 Å². The van der Waals surface area contributed by atoms with Crippen LogP contribution in [0.2, 0.25) is 0 Å². The molecule has 2 saturated heterocycles. The molecule has 2 fully saturated rings. The molecule has 2 aliphatic rings. The quantitative estimate of drug-likeness (QED) is 0.817. The number of hydrogen-bond donors (Lipinski definition) is 1. The first kappa shape index (κ1) is 18.9. The van der Waals surface area contributed by atoms with Gasteiger partial charge >= 0.3 is 0 Å². The van der Waals surface area contributed by atoms with Crippen molar-refractivity contribution in [3.63, 3.8) is 0 Å². The first-order valence-corrected chi connectivity index (χ1v) is 6.57. The third kappa shape index (κ3) is 5.83. The van der Waals surface area contributed by atoms with Crippen LogP contribution < -0.4 is 5.73 Å². The van der Waals surface area contributed by atoms with Crippen molar-refractivity contribution in [2.75, 3.05) is 52.5 Å². The second-order valence-electron chi connectivity index (χ2n) is 4.94. The number of piperidine rings is 1. The highest BCUT2D eigenvalue weighted by Gasteiger charge is 2.24. The molecule has 0 aromatic carbocycles. The molecule has 2 aliphatic heterocycles. The number of morpholine rings is 1. The van der Waals surface area contributed by atoms with Crippen molar-refractivity contribution in [3.8, 4) is 0 Å². The van der Waals surface area contributed by atoms with Crippen LogP contribution in [-0.4, -0.2) is 68.2 Å². The Bertz CT molecular complexity index is 255. The normalized spacial score (nSPS) is 21.4. The monoisotopic (exact) mass is 313 g/mol. The average Bonchev–Trinajstić information content (AvgIpc) is 2.40. The van der Waals surface area contributed by atoms with E-state index in [4.69, 9.17) is 10.5 Å². The van der Waals surface area contributed by atoms with E-state index < -0.39 is 0 Å². The molecule has 0 spiro atoms. The maximum absolute atomic E-state index is 11.4. The number of hydrogen-bond acceptors (Lipinski definition) is 4. The number of rotatable bonds is 3. The second kappa shape index (κ2) is 9.77. The largest absolute Gasteiger partial charge is 0.379 e. The van der Waals surface area contributed by atoms with E-state index in [1.165, 1.54) is 0 Å². The highest BCUT2D eigenvalue weighted by molar-refractivity contribution is 5.85. The summed E-state index contributed by atoms with van der Waals surface area (Å²) >= 11 is 0. The third-order valence-corrected chi connectivity index (χ3v) is 3.76. The summed E-state index contributed by atoms with van der Waals surface area (Å²) in [6, 6.07) is 0. The molecule has 7 heteroatoms. The molecule has 2 N–H and O–H groups in total. The van der Waals surface area contributed by atoms with Crippen LogP contribution in [-0.2, 0) is 9.53 Å². The minimum atomic E-state index is 0. The lowest BCUT2D eigenvalue weighted by atomic mass is 9.96. The zero-order valence-corrected chi connectivity index (χ0v) is 12.9. The van der Waals surface area contributed by atoms with Gasteiger partial charge in [0, 0.05) is 32.7 Å². The second-order valence-corrected chi connectivity index (χ2v) is 4.94. The molecule has 0 aromatic heterocycles. The van der Waals surface area contributed by atoms with Gasteiger partial charge in [0.2, 0.25) is 5.91 Å². The van der Waals surface area contributed by atoms with Crippen molar-refractivity contribution < 1.29 is 9.53 Å². The molecule has 0 aromatic rings. The number of ether oxygens (including phenoxy) is 1. The molecule has 1 amide bonds. The van der Waals surface area contributed by atoms with Gasteiger partial charge in [-0.15, -0.1) is 24.8 Å². The Balaban J connectivity index is 0.00000162. The summed E-state index contributed by atoms with van der Waals surface area (Å²) in [5.74, 6) is 0.824. The fourth-order valence-corrected chi connectivity index (χ4v) is 2.64. The van der Waals surface area contributed by atoms with Gasteiger partial charge in [0.25, 0.3) is 0 Å². The lowest BCUT2D eigenvalue weighted by Gasteiger charge is -2.35. The average molecular weight is 314 g/mol. The number of nitrogens with zero attached hydrogens (tertiary/aromatic N) is 2. The zero-order chi connectivity index (χ0) is 12.1. The number of carbonyl (C=O) groups excluding carboxylic acids is 1. The summed E-state index contributed by atoms with van der Waals surface area (Å²) in [7, 11) is 0. The molecule has 2 heterocycles. The Morgan fingerprint density at radius 3 is 2.21 bits per heavy atom. The number of halogens is 2. The van der Waals surface area contributed by atoms with Gasteiger partial charge in [-0.2, -0.15) is 0 Å². The van der Waals surface area contributed by atoms with Crippen LogP contribution in [0.25, 0.3) is 0 Å². The number of nitrogens with two attached hydrogens (primary N) is 1. The van der Waals surface area contributed by atoms with Crippen LogP contribution in [0.3, 0.4) is 0 Å². The van der Waals surface area contributed by atoms with E-state index >= 15 is 0 Å². The van der Waals surface area contributed by atoms with Gasteiger partial charge in [0.1, 0.15) is 0 Å². The summed E-state index contributed by atoms with van der Waals surface area (Å²) in [6.07, 6.45) is 2.23. The van der Waals surface area contributed by atoms with Gasteiger partial charge in [-0.1, -0.05) is 0 Å². The molecule has 0 saturated carbocycles. The van der Waals surface area contributed by atoms with Crippen molar-refractivity contribution in [2.24, 2.45) is 11.7 Å². The number of amides is 1. The third-order valence-electron chi connectivity index (χ3n) is 3.76. The van der Waals surface area contributed by atoms with Crippen LogP contribution in [0.4, 0.5) is 0 Å². The Kier molecular flexibility index (Phi) is 9.74. The van der Waals surface area contributed by atoms with Crippen molar-refractivity contribution >= 4 is 30.7 Å². The fourth-order valence-electron chi connectivity index (χ4n) is 2.64. The van der Waals surface area contributed by atoms with E-state index in [0.717, 1.165) is 64.7 Å². The Labute approximate surface area is 127 Å². The van der Waals surface area contributed by atoms with Gasteiger partial charge in [-0.25, -0.2) is 0 Å². The fraction of sp³-hybridized carbons (Fsp3) is 0.917. The summed E-state index contributed by atoms with van der Waals surface area (Å²) in [6.45, 7) is 6.91. The SMILES string of the molecule is Cl.Cl.NCC(=O)N1CCC(CN2CCOCC2)CC1. The molecule has 0 radical (unpaired) electrons. The maximum atomic E-state index is 11.4. The molecule has 19 heavy (non-hydrogen) atoms. The summed E-state index contributed by atoms with van der Waals surface area (Å²) in [5.41, 5.74) is 5.37. The smallest absolute Gasteiger partial charge is 0.236 e. The molecule has 0 atom stereocenters. The predicted molar refractivity (Wildman–Crippen MR) is 80.1 cm³/mol. The van der Waals surface area contributed by atoms with Crippen LogP contribution >= 0.6 is 24.8 Å². The minimum absolute atomic E-state index is 0. The van der Waals surface area contributed by atoms with E-state index in [1.54, 1.807) is 0 Å². The van der Waals surface area contributed by atoms with Crippen LogP contribution in [0.1, 0.15) is 12.8 Å². The van der Waals surface area contributed by atoms with Gasteiger partial charge in [-0.3, -0.25) is 9.69 Å². The first-order valence-electron chi connectivity index (χ1n) is 6.57. The van der Waals surface area contributed by atoms with E-state index in [9.17, 15) is 4.79 Å². The Morgan fingerprint density at radius 1 is 1.11 bits per heavy atom. The Hall–Kier alpha value is -0.0700. The highest BCUT2D eigenvalue weighted by Crippen LogP contribution is 2.18. The van der Waals surface area contributed by atoms with Gasteiger partial charge in [-0.05, 0) is 18.8 Å². The molecule has 0 bridgehead atoms. The predicted octanol–water partition coefficient (Wildman–Crippen LogP) is 0.359.